The molecule has 122 valence electrons. The molecular formula is C19H24N2O2. The maximum absolute atomic E-state index is 12.1. The highest BCUT2D eigenvalue weighted by Gasteiger charge is 2.12. The molecule has 0 radical (unpaired) electrons. The van der Waals surface area contributed by atoms with E-state index in [-0.39, 0.29) is 5.97 Å². The van der Waals surface area contributed by atoms with Crippen molar-refractivity contribution in [2.75, 3.05) is 6.61 Å². The number of esters is 1. The second kappa shape index (κ2) is 8.32. The Hall–Kier alpha value is -2.36. The van der Waals surface area contributed by atoms with Crippen LogP contribution in [0.2, 0.25) is 0 Å². The number of unbranched alkanes of at least 4 members (excludes halogenated alkanes) is 1. The van der Waals surface area contributed by atoms with Gasteiger partial charge in [0.05, 0.1) is 24.6 Å². The molecule has 2 aromatic rings. The van der Waals surface area contributed by atoms with E-state index < -0.39 is 0 Å². The fraction of sp³-hybridized carbons (Fsp3) is 0.368. The van der Waals surface area contributed by atoms with Crippen molar-refractivity contribution in [1.82, 2.24) is 0 Å². The highest BCUT2D eigenvalue weighted by molar-refractivity contribution is 6.05. The Labute approximate surface area is 137 Å². The van der Waals surface area contributed by atoms with E-state index in [4.69, 9.17) is 10.5 Å². The molecule has 2 rings (SSSR count). The molecule has 2 N–H and O–H groups in total. The first-order chi connectivity index (χ1) is 11.2. The first-order valence-corrected chi connectivity index (χ1v) is 8.13. The first-order valence-electron chi connectivity index (χ1n) is 8.13. The van der Waals surface area contributed by atoms with Gasteiger partial charge in [0.25, 0.3) is 0 Å². The standard InChI is InChI=1S/C19H24N2O2/c1-3-5-10-18(20)21-13-14-11-12-17(19(22)23-4-2)16-9-7-6-8-15(14)16/h6-9,11-12H,3-5,10,13H2,1-2H3,(H2,20,21). The number of benzene rings is 2. The third-order valence-corrected chi connectivity index (χ3v) is 3.75. The summed E-state index contributed by atoms with van der Waals surface area (Å²) in [7, 11) is 0. The summed E-state index contributed by atoms with van der Waals surface area (Å²) in [6.07, 6.45) is 2.99. The van der Waals surface area contributed by atoms with Gasteiger partial charge in [-0.05, 0) is 35.7 Å². The Morgan fingerprint density at radius 2 is 1.87 bits per heavy atom. The Balaban J connectivity index is 2.32. The molecule has 0 saturated heterocycles. The molecule has 0 spiro atoms. The Bertz CT molecular complexity index is 708. The summed E-state index contributed by atoms with van der Waals surface area (Å²) in [4.78, 5) is 16.6. The number of nitrogens with zero attached hydrogens (tertiary/aromatic N) is 1. The highest BCUT2D eigenvalue weighted by atomic mass is 16.5. The third-order valence-electron chi connectivity index (χ3n) is 3.75. The predicted octanol–water partition coefficient (Wildman–Crippen LogP) is 4.06. The number of rotatable bonds is 7. The molecule has 23 heavy (non-hydrogen) atoms. The largest absolute Gasteiger partial charge is 0.462 e. The molecule has 4 heteroatoms. The van der Waals surface area contributed by atoms with Crippen molar-refractivity contribution in [2.45, 2.75) is 39.7 Å². The number of fused-ring (bicyclic) bond motifs is 1. The van der Waals surface area contributed by atoms with Crippen molar-refractivity contribution in [3.8, 4) is 0 Å². The summed E-state index contributed by atoms with van der Waals surface area (Å²) in [6, 6.07) is 11.6. The molecule has 0 fully saturated rings. The van der Waals surface area contributed by atoms with Gasteiger partial charge in [-0.2, -0.15) is 0 Å². The zero-order valence-corrected chi connectivity index (χ0v) is 13.8. The van der Waals surface area contributed by atoms with Gasteiger partial charge in [0, 0.05) is 6.42 Å². The summed E-state index contributed by atoms with van der Waals surface area (Å²) in [5, 5.41) is 1.91. The lowest BCUT2D eigenvalue weighted by Crippen LogP contribution is -2.11. The van der Waals surface area contributed by atoms with Crippen LogP contribution in [-0.4, -0.2) is 18.4 Å². The molecule has 0 atom stereocenters. The lowest BCUT2D eigenvalue weighted by molar-refractivity contribution is 0.0528. The fourth-order valence-corrected chi connectivity index (χ4v) is 2.51. The molecule has 0 saturated carbocycles. The van der Waals surface area contributed by atoms with Gasteiger partial charge >= 0.3 is 5.97 Å². The van der Waals surface area contributed by atoms with Crippen LogP contribution in [0.5, 0.6) is 0 Å². The van der Waals surface area contributed by atoms with Crippen molar-refractivity contribution < 1.29 is 9.53 Å². The van der Waals surface area contributed by atoms with E-state index in [1.54, 1.807) is 0 Å². The molecule has 0 amide bonds. The average Bonchev–Trinajstić information content (AvgIpc) is 2.57. The van der Waals surface area contributed by atoms with E-state index >= 15 is 0 Å². The van der Waals surface area contributed by atoms with Crippen LogP contribution >= 0.6 is 0 Å². The number of amidine groups is 1. The van der Waals surface area contributed by atoms with Crippen LogP contribution in [0, 0.1) is 0 Å². The van der Waals surface area contributed by atoms with E-state index in [1.165, 1.54) is 0 Å². The van der Waals surface area contributed by atoms with Crippen LogP contribution in [0.25, 0.3) is 10.8 Å². The van der Waals surface area contributed by atoms with Gasteiger partial charge in [-0.3, -0.25) is 4.99 Å². The maximum Gasteiger partial charge on any atom is 0.338 e. The van der Waals surface area contributed by atoms with E-state index in [1.807, 2.05) is 43.3 Å². The molecule has 0 aliphatic rings. The molecule has 0 unspecified atom stereocenters. The minimum absolute atomic E-state index is 0.291. The van der Waals surface area contributed by atoms with Crippen molar-refractivity contribution in [1.29, 1.82) is 0 Å². The number of aliphatic imine (C=N–C) groups is 1. The number of ether oxygens (including phenoxy) is 1. The van der Waals surface area contributed by atoms with Gasteiger partial charge in [0.15, 0.2) is 0 Å². The number of hydrogen-bond donors (Lipinski definition) is 1. The van der Waals surface area contributed by atoms with E-state index in [0.29, 0.717) is 24.6 Å². The number of hydrogen-bond acceptors (Lipinski definition) is 3. The average molecular weight is 312 g/mol. The van der Waals surface area contributed by atoms with Gasteiger partial charge in [0.2, 0.25) is 0 Å². The zero-order chi connectivity index (χ0) is 16.7. The van der Waals surface area contributed by atoms with Crippen molar-refractivity contribution in [2.24, 2.45) is 10.7 Å². The molecule has 0 bridgehead atoms. The van der Waals surface area contributed by atoms with E-state index in [9.17, 15) is 4.79 Å². The molecule has 0 aromatic heterocycles. The second-order valence-electron chi connectivity index (χ2n) is 5.45. The third kappa shape index (κ3) is 4.31. The summed E-state index contributed by atoms with van der Waals surface area (Å²) >= 11 is 0. The molecule has 2 aromatic carbocycles. The maximum atomic E-state index is 12.1. The van der Waals surface area contributed by atoms with Crippen molar-refractivity contribution in [3.63, 3.8) is 0 Å². The van der Waals surface area contributed by atoms with Crippen LogP contribution in [0.4, 0.5) is 0 Å². The molecule has 0 heterocycles. The summed E-state index contributed by atoms with van der Waals surface area (Å²) in [5.74, 6) is 0.395. The van der Waals surface area contributed by atoms with Gasteiger partial charge in [-0.1, -0.05) is 43.7 Å². The van der Waals surface area contributed by atoms with Crippen LogP contribution in [0.1, 0.15) is 49.0 Å². The molecular weight excluding hydrogens is 288 g/mol. The Kier molecular flexibility index (Phi) is 6.15. The second-order valence-corrected chi connectivity index (χ2v) is 5.45. The molecule has 0 aliphatic carbocycles. The minimum atomic E-state index is -0.291. The van der Waals surface area contributed by atoms with Gasteiger partial charge < -0.3 is 10.5 Å². The molecule has 4 nitrogen and oxygen atoms in total. The molecule has 0 aliphatic heterocycles. The number of carbonyl (C=O) groups is 1. The topological polar surface area (TPSA) is 64.7 Å². The summed E-state index contributed by atoms with van der Waals surface area (Å²) < 4.78 is 5.13. The number of nitrogens with two attached hydrogens (primary N) is 1. The Morgan fingerprint density at radius 3 is 2.57 bits per heavy atom. The smallest absolute Gasteiger partial charge is 0.338 e. The quantitative estimate of drug-likeness (QED) is 0.476. The highest BCUT2D eigenvalue weighted by Crippen LogP contribution is 2.24. The van der Waals surface area contributed by atoms with Crippen molar-refractivity contribution >= 4 is 22.6 Å². The van der Waals surface area contributed by atoms with Crippen LogP contribution < -0.4 is 5.73 Å². The lowest BCUT2D eigenvalue weighted by Gasteiger charge is -2.10. The zero-order valence-electron chi connectivity index (χ0n) is 13.8. The fourth-order valence-electron chi connectivity index (χ4n) is 2.51. The number of carbonyl (C=O) groups excluding carboxylic acids is 1. The van der Waals surface area contributed by atoms with Crippen LogP contribution in [0.3, 0.4) is 0 Å². The Morgan fingerprint density at radius 1 is 1.13 bits per heavy atom. The van der Waals surface area contributed by atoms with Gasteiger partial charge in [0.1, 0.15) is 0 Å². The predicted molar refractivity (Wildman–Crippen MR) is 94.8 cm³/mol. The van der Waals surface area contributed by atoms with E-state index in [0.717, 1.165) is 35.6 Å². The summed E-state index contributed by atoms with van der Waals surface area (Å²) in [6.45, 7) is 4.84. The first kappa shape index (κ1) is 17.0. The van der Waals surface area contributed by atoms with Gasteiger partial charge in [-0.25, -0.2) is 4.79 Å². The van der Waals surface area contributed by atoms with Crippen LogP contribution in [-0.2, 0) is 11.3 Å². The van der Waals surface area contributed by atoms with Crippen molar-refractivity contribution in [3.05, 3.63) is 47.5 Å². The normalized spacial score (nSPS) is 11.7. The monoisotopic (exact) mass is 312 g/mol. The minimum Gasteiger partial charge on any atom is -0.462 e. The summed E-state index contributed by atoms with van der Waals surface area (Å²) in [5.41, 5.74) is 7.60. The van der Waals surface area contributed by atoms with Gasteiger partial charge in [-0.15, -0.1) is 0 Å². The van der Waals surface area contributed by atoms with Crippen LogP contribution in [0.15, 0.2) is 41.4 Å². The van der Waals surface area contributed by atoms with E-state index in [2.05, 4.69) is 11.9 Å². The SMILES string of the molecule is CCCCC(N)=NCc1ccc(C(=O)OCC)c2ccccc12. The lowest BCUT2D eigenvalue weighted by atomic mass is 9.99.